The van der Waals surface area contributed by atoms with E-state index >= 15 is 0 Å². The predicted octanol–water partition coefficient (Wildman–Crippen LogP) is 7.00. The van der Waals surface area contributed by atoms with Gasteiger partial charge in [0.25, 0.3) is 12.9 Å². The van der Waals surface area contributed by atoms with Gasteiger partial charge in [-0.1, -0.05) is 49.7 Å². The van der Waals surface area contributed by atoms with Gasteiger partial charge in [-0.05, 0) is 56.3 Å². The summed E-state index contributed by atoms with van der Waals surface area (Å²) in [5.41, 5.74) is 4.00. The van der Waals surface area contributed by atoms with E-state index in [1.54, 1.807) is 9.82 Å². The van der Waals surface area contributed by atoms with Gasteiger partial charge in [-0.15, -0.1) is 37.3 Å². The SMILES string of the molecule is C#C.C=C.CC.CO.Cc1ccccc1.O=CNCCCN(CC(F)F)Sc1ccc2ncsc2c1.O=COCC12OCCC1CCO2. The van der Waals surface area contributed by atoms with E-state index in [1.165, 1.54) is 28.8 Å². The van der Waals surface area contributed by atoms with E-state index in [0.29, 0.717) is 51.5 Å². The average molecular weight is 712 g/mol. The van der Waals surface area contributed by atoms with E-state index < -0.39 is 12.2 Å². The number of ether oxygens (including phenoxy) is 3. The first kappa shape index (κ1) is 46.7. The molecule has 0 aliphatic carbocycles. The normalized spacial score (nSPS) is 16.5. The molecule has 2 saturated heterocycles. The van der Waals surface area contributed by atoms with Crippen LogP contribution in [0.1, 0.15) is 38.7 Å². The number of hydrogen-bond donors (Lipinski definition) is 2. The van der Waals surface area contributed by atoms with Gasteiger partial charge in [0.15, 0.2) is 0 Å². The van der Waals surface area contributed by atoms with Gasteiger partial charge in [0.05, 0.1) is 35.5 Å². The van der Waals surface area contributed by atoms with Crippen molar-refractivity contribution in [2.24, 2.45) is 5.92 Å². The summed E-state index contributed by atoms with van der Waals surface area (Å²) in [6, 6.07) is 16.0. The Bertz CT molecular complexity index is 1210. The third-order valence-corrected chi connectivity index (χ3v) is 8.08. The Balaban J connectivity index is 0. The molecule has 2 aliphatic rings. The number of aliphatic hydroxyl groups excluding tert-OH is 1. The van der Waals surface area contributed by atoms with Gasteiger partial charge < -0.3 is 24.6 Å². The standard InChI is InChI=1S/C13H15F2N3OS2.C8H12O4.C7H8.C2H6.C2H4.C2H2.CH4O/c14-13(15)7-18(5-1-4-16-8-19)21-10-2-3-11-12(6-10)20-9-17-11;9-6-10-5-8-7(1-3-11-8)2-4-12-8;1-7-5-3-2-4-6-7;4*1-2/h2-3,6,8-9,13H,1,4-5,7H2,(H,16,19);6-7H,1-5H2;2-6H,1H3;1-2H3;1-2H2;1-2H;2H,1H3. The van der Waals surface area contributed by atoms with Crippen molar-refractivity contribution >= 4 is 46.4 Å². The number of rotatable bonds is 12. The van der Waals surface area contributed by atoms with Crippen molar-refractivity contribution in [1.82, 2.24) is 14.6 Å². The van der Waals surface area contributed by atoms with Gasteiger partial charge in [0.1, 0.15) is 6.61 Å². The maximum absolute atomic E-state index is 12.6. The van der Waals surface area contributed by atoms with Crippen LogP contribution >= 0.6 is 23.3 Å². The third-order valence-electron chi connectivity index (χ3n) is 6.23. The molecular weight excluding hydrogens is 661 g/mol. The van der Waals surface area contributed by atoms with Gasteiger partial charge in [-0.3, -0.25) is 9.59 Å². The summed E-state index contributed by atoms with van der Waals surface area (Å²) < 4.78 is 43.5. The van der Waals surface area contributed by atoms with Gasteiger partial charge in [-0.2, -0.15) is 0 Å². The Hall–Kier alpha value is -3.38. The minimum atomic E-state index is -2.39. The van der Waals surface area contributed by atoms with Crippen molar-refractivity contribution in [3.8, 4) is 12.8 Å². The summed E-state index contributed by atoms with van der Waals surface area (Å²) in [6.45, 7) is 14.9. The van der Waals surface area contributed by atoms with Crippen LogP contribution in [0, 0.1) is 25.7 Å². The van der Waals surface area contributed by atoms with Crippen molar-refractivity contribution in [3.63, 3.8) is 0 Å². The van der Waals surface area contributed by atoms with Crippen LogP contribution in [0.25, 0.3) is 10.2 Å². The number of aryl methyl sites for hydroxylation is 1. The maximum atomic E-state index is 12.6. The number of amides is 1. The molecule has 2 fully saturated rings. The molecule has 0 radical (unpaired) electrons. The molecule has 9 nitrogen and oxygen atoms in total. The number of halogens is 2. The maximum Gasteiger partial charge on any atom is 0.293 e. The number of fused-ring (bicyclic) bond motifs is 2. The third kappa shape index (κ3) is 18.8. The van der Waals surface area contributed by atoms with Gasteiger partial charge >= 0.3 is 0 Å². The first-order chi connectivity index (χ1) is 23.5. The number of benzene rings is 2. The van der Waals surface area contributed by atoms with Crippen LogP contribution in [0.5, 0.6) is 0 Å². The summed E-state index contributed by atoms with van der Waals surface area (Å²) in [4.78, 5) is 25.3. The lowest BCUT2D eigenvalue weighted by molar-refractivity contribution is -0.221. The molecule has 2 aromatic carbocycles. The second-order valence-corrected chi connectivity index (χ2v) is 11.2. The Morgan fingerprint density at radius 2 is 1.77 bits per heavy atom. The number of alkyl halides is 2. The Labute approximate surface area is 293 Å². The fourth-order valence-corrected chi connectivity index (χ4v) is 6.08. The molecule has 268 valence electrons. The van der Waals surface area contributed by atoms with E-state index in [4.69, 9.17) is 19.3 Å². The summed E-state index contributed by atoms with van der Waals surface area (Å²) >= 11 is 2.84. The van der Waals surface area contributed by atoms with Crippen LogP contribution in [0.2, 0.25) is 0 Å². The molecule has 13 heteroatoms. The first-order valence-electron chi connectivity index (χ1n) is 15.3. The lowest BCUT2D eigenvalue weighted by atomic mass is 9.98. The number of thiazole rings is 1. The van der Waals surface area contributed by atoms with Crippen LogP contribution in [0.4, 0.5) is 8.78 Å². The van der Waals surface area contributed by atoms with Crippen LogP contribution in [-0.2, 0) is 23.8 Å². The number of hydrogen-bond acceptors (Lipinski definition) is 10. The first-order valence-corrected chi connectivity index (χ1v) is 17.0. The van der Waals surface area contributed by atoms with Gasteiger partial charge in [0, 0.05) is 31.0 Å². The van der Waals surface area contributed by atoms with Gasteiger partial charge in [-0.25, -0.2) is 18.1 Å². The molecule has 0 saturated carbocycles. The van der Waals surface area contributed by atoms with Crippen LogP contribution in [0.15, 0.2) is 72.1 Å². The molecule has 1 aromatic heterocycles. The van der Waals surface area contributed by atoms with Crippen LogP contribution in [0.3, 0.4) is 0 Å². The zero-order valence-electron chi connectivity index (χ0n) is 28.4. The van der Waals surface area contributed by atoms with Crippen molar-refractivity contribution in [2.75, 3.05) is 46.6 Å². The number of carbonyl (C=O) groups excluding carboxylic acids is 2. The average Bonchev–Trinajstić information content (AvgIpc) is 3.86. The Morgan fingerprint density at radius 1 is 1.15 bits per heavy atom. The van der Waals surface area contributed by atoms with Crippen LogP contribution in [-0.4, -0.2) is 86.1 Å². The van der Waals surface area contributed by atoms with E-state index in [-0.39, 0.29) is 13.2 Å². The number of nitrogens with one attached hydrogen (secondary N) is 1. The van der Waals surface area contributed by atoms with E-state index in [1.807, 2.05) is 50.2 Å². The fraction of sp³-hybridized carbons (Fsp3) is 0.457. The number of aliphatic hydroxyl groups is 1. The number of carbonyl (C=O) groups is 2. The lowest BCUT2D eigenvalue weighted by Crippen LogP contribution is -2.38. The molecule has 0 atom stereocenters. The lowest BCUT2D eigenvalue weighted by Gasteiger charge is -2.25. The molecule has 48 heavy (non-hydrogen) atoms. The van der Waals surface area contributed by atoms with Crippen molar-refractivity contribution in [3.05, 3.63) is 72.8 Å². The molecule has 0 spiro atoms. The van der Waals surface area contributed by atoms with Crippen molar-refractivity contribution < 1.29 is 37.7 Å². The Morgan fingerprint density at radius 3 is 2.29 bits per heavy atom. The molecular formula is C35H51F2N3O6S2. The number of terminal acetylenes is 1. The summed E-state index contributed by atoms with van der Waals surface area (Å²) in [5, 5.41) is 9.53. The monoisotopic (exact) mass is 711 g/mol. The molecule has 2 aliphatic heterocycles. The minimum Gasteiger partial charge on any atom is -0.462 e. The zero-order valence-corrected chi connectivity index (χ0v) is 30.0. The fourth-order valence-electron chi connectivity index (χ4n) is 4.28. The highest BCUT2D eigenvalue weighted by Crippen LogP contribution is 2.40. The van der Waals surface area contributed by atoms with Gasteiger partial charge in [0.2, 0.25) is 12.2 Å². The summed E-state index contributed by atoms with van der Waals surface area (Å²) in [6.07, 6.45) is 8.89. The number of aromatic nitrogens is 1. The minimum absolute atomic E-state index is 0.237. The highest BCUT2D eigenvalue weighted by atomic mass is 32.2. The molecule has 5 rings (SSSR count). The molecule has 1 amide bonds. The summed E-state index contributed by atoms with van der Waals surface area (Å²) in [5.74, 6) is -0.182. The predicted molar refractivity (Wildman–Crippen MR) is 193 cm³/mol. The Kier molecular flexibility index (Phi) is 30.1. The molecule has 3 heterocycles. The highest BCUT2D eigenvalue weighted by molar-refractivity contribution is 7.97. The molecule has 0 bridgehead atoms. The molecule has 3 aromatic rings. The molecule has 0 unspecified atom stereocenters. The highest BCUT2D eigenvalue weighted by Gasteiger charge is 2.50. The number of nitrogens with zero attached hydrogens (tertiary/aromatic N) is 2. The molecule has 2 N–H and O–H groups in total. The van der Waals surface area contributed by atoms with E-state index in [9.17, 15) is 18.4 Å². The van der Waals surface area contributed by atoms with E-state index in [0.717, 1.165) is 35.1 Å². The topological polar surface area (TPSA) is 110 Å². The van der Waals surface area contributed by atoms with Crippen LogP contribution < -0.4 is 5.32 Å². The summed E-state index contributed by atoms with van der Waals surface area (Å²) in [7, 11) is 1.00. The second-order valence-electron chi connectivity index (χ2n) is 9.12. The zero-order chi connectivity index (χ0) is 36.6. The smallest absolute Gasteiger partial charge is 0.293 e. The second kappa shape index (κ2) is 30.9. The van der Waals surface area contributed by atoms with Crippen molar-refractivity contribution in [2.45, 2.75) is 57.1 Å². The van der Waals surface area contributed by atoms with Crippen molar-refractivity contribution in [1.29, 1.82) is 0 Å². The quantitative estimate of drug-likeness (QED) is 0.0675. The largest absolute Gasteiger partial charge is 0.462 e. The van der Waals surface area contributed by atoms with E-state index in [2.05, 4.69) is 55.4 Å².